The average Bonchev–Trinajstić information content (AvgIpc) is 3.28. The van der Waals surface area contributed by atoms with Gasteiger partial charge in [0.1, 0.15) is 29.5 Å². The van der Waals surface area contributed by atoms with Gasteiger partial charge >= 0.3 is 18.2 Å². The first-order valence-corrected chi connectivity index (χ1v) is 12.3. The van der Waals surface area contributed by atoms with Crippen molar-refractivity contribution in [3.63, 3.8) is 0 Å². The van der Waals surface area contributed by atoms with Gasteiger partial charge in [-0.3, -0.25) is 9.69 Å². The number of nitrogens with zero attached hydrogens (tertiary/aromatic N) is 2. The summed E-state index contributed by atoms with van der Waals surface area (Å²) in [6, 6.07) is 7.87. The number of hydrogen-bond acceptors (Lipinski definition) is 7. The second-order valence-electron chi connectivity index (χ2n) is 10.7. The minimum absolute atomic E-state index is 0.0517. The highest BCUT2D eigenvalue weighted by molar-refractivity contribution is 6.06. The van der Waals surface area contributed by atoms with Crippen LogP contribution < -0.4 is 0 Å². The molecule has 1 aliphatic rings. The van der Waals surface area contributed by atoms with Crippen LogP contribution in [0.2, 0.25) is 0 Å². The van der Waals surface area contributed by atoms with E-state index in [2.05, 4.69) is 0 Å². The van der Waals surface area contributed by atoms with Gasteiger partial charge in [-0.25, -0.2) is 19.3 Å². The Morgan fingerprint density at radius 1 is 0.973 bits per heavy atom. The lowest BCUT2D eigenvalue weighted by Gasteiger charge is -2.32. The van der Waals surface area contributed by atoms with Crippen molar-refractivity contribution in [2.45, 2.75) is 85.7 Å². The highest BCUT2D eigenvalue weighted by Gasteiger charge is 2.43. The smallest absolute Gasteiger partial charge is 0.422 e. The summed E-state index contributed by atoms with van der Waals surface area (Å²) in [5.41, 5.74) is -0.784. The van der Waals surface area contributed by atoms with Crippen molar-refractivity contribution >= 4 is 24.1 Å². The quantitative estimate of drug-likeness (QED) is 0.218. The van der Waals surface area contributed by atoms with Gasteiger partial charge in [-0.2, -0.15) is 0 Å². The Morgan fingerprint density at radius 3 is 2.11 bits per heavy atom. The van der Waals surface area contributed by atoms with E-state index in [9.17, 15) is 19.2 Å². The molecule has 0 saturated carbocycles. The van der Waals surface area contributed by atoms with E-state index >= 15 is 0 Å². The van der Waals surface area contributed by atoms with Crippen LogP contribution in [0.4, 0.5) is 9.59 Å². The van der Waals surface area contributed by atoms with Crippen LogP contribution in [0.3, 0.4) is 0 Å². The molecule has 0 N–H and O–H groups in total. The topological polar surface area (TPSA) is 102 Å². The lowest BCUT2D eigenvalue weighted by Crippen LogP contribution is -2.52. The molecular weight excluding hydrogens is 476 g/mol. The molecule has 1 aromatic carbocycles. The number of ether oxygens (including phenoxy) is 3. The number of carbonyl (C=O) groups is 4. The summed E-state index contributed by atoms with van der Waals surface area (Å²) >= 11 is 0. The molecule has 0 fully saturated rings. The Balaban J connectivity index is 2.47. The summed E-state index contributed by atoms with van der Waals surface area (Å²) in [6.45, 7) is 13.6. The number of benzene rings is 1. The fourth-order valence-corrected chi connectivity index (χ4v) is 3.39. The zero-order valence-electron chi connectivity index (χ0n) is 23.0. The SMILES string of the molecule is CC/C(C)=C(\C(=O)OCc1ccccc1)N(C(=O)OC(C)(C)C)C(=O)[C@@H]1C=CCN1C(=O)OC(C)(C)C. The molecule has 0 spiro atoms. The van der Waals surface area contributed by atoms with Crippen LogP contribution >= 0.6 is 0 Å². The molecule has 37 heavy (non-hydrogen) atoms. The van der Waals surface area contributed by atoms with Crippen LogP contribution in [-0.2, 0) is 30.4 Å². The minimum atomic E-state index is -1.18. The molecule has 0 aromatic heterocycles. The normalized spacial score (nSPS) is 16.1. The van der Waals surface area contributed by atoms with Crippen molar-refractivity contribution in [2.75, 3.05) is 6.54 Å². The summed E-state index contributed by atoms with van der Waals surface area (Å²) in [4.78, 5) is 55.3. The number of amides is 3. The Hall–Kier alpha value is -3.62. The van der Waals surface area contributed by atoms with Crippen molar-refractivity contribution < 1.29 is 33.4 Å². The Labute approximate surface area is 219 Å². The number of rotatable bonds is 6. The van der Waals surface area contributed by atoms with Crippen LogP contribution in [0.25, 0.3) is 0 Å². The summed E-state index contributed by atoms with van der Waals surface area (Å²) < 4.78 is 16.5. The van der Waals surface area contributed by atoms with Crippen LogP contribution in [0.15, 0.2) is 53.8 Å². The number of hydrogen-bond donors (Lipinski definition) is 0. The van der Waals surface area contributed by atoms with Gasteiger partial charge in [-0.1, -0.05) is 49.4 Å². The second kappa shape index (κ2) is 12.1. The predicted octanol–water partition coefficient (Wildman–Crippen LogP) is 5.35. The van der Waals surface area contributed by atoms with Gasteiger partial charge < -0.3 is 14.2 Å². The Morgan fingerprint density at radius 2 is 1.57 bits per heavy atom. The molecule has 0 aliphatic carbocycles. The van der Waals surface area contributed by atoms with E-state index in [4.69, 9.17) is 14.2 Å². The molecule has 0 unspecified atom stereocenters. The first-order chi connectivity index (χ1) is 17.1. The molecule has 9 nitrogen and oxygen atoms in total. The molecule has 1 aliphatic heterocycles. The van der Waals surface area contributed by atoms with Crippen LogP contribution in [0, 0.1) is 0 Å². The van der Waals surface area contributed by atoms with Crippen molar-refractivity contribution in [3.8, 4) is 0 Å². The fraction of sp³-hybridized carbons (Fsp3) is 0.500. The average molecular weight is 515 g/mol. The van der Waals surface area contributed by atoms with E-state index in [1.807, 2.05) is 18.2 Å². The summed E-state index contributed by atoms with van der Waals surface area (Å²) in [5, 5.41) is 0. The minimum Gasteiger partial charge on any atom is -0.456 e. The predicted molar refractivity (Wildman–Crippen MR) is 138 cm³/mol. The van der Waals surface area contributed by atoms with Crippen molar-refractivity contribution in [2.24, 2.45) is 0 Å². The van der Waals surface area contributed by atoms with Crippen LogP contribution in [0.1, 0.15) is 67.4 Å². The van der Waals surface area contributed by atoms with Gasteiger partial charge in [-0.05, 0) is 66.0 Å². The van der Waals surface area contributed by atoms with Gasteiger partial charge in [0.25, 0.3) is 5.91 Å². The number of allylic oxidation sites excluding steroid dienone is 1. The van der Waals surface area contributed by atoms with Gasteiger partial charge in [0, 0.05) is 6.54 Å². The Kier molecular flexibility index (Phi) is 9.67. The highest BCUT2D eigenvalue weighted by atomic mass is 16.6. The van der Waals surface area contributed by atoms with E-state index in [0.29, 0.717) is 16.9 Å². The standard InChI is InChI=1S/C28H38N2O7/c1-9-19(2)22(24(32)35-18-20-14-11-10-12-15-20)30(26(34)37-28(6,7)8)23(31)21-16-13-17-29(21)25(33)36-27(3,4)5/h10-16,21H,9,17-18H2,1-8H3/b22-19+/t21-/m0/s1. The van der Waals surface area contributed by atoms with Gasteiger partial charge in [0.05, 0.1) is 0 Å². The first kappa shape index (κ1) is 29.6. The molecule has 1 heterocycles. The van der Waals surface area contributed by atoms with E-state index in [0.717, 1.165) is 5.56 Å². The zero-order chi connectivity index (χ0) is 28.0. The number of carbonyl (C=O) groups excluding carboxylic acids is 4. The van der Waals surface area contributed by atoms with E-state index in [1.54, 1.807) is 73.6 Å². The van der Waals surface area contributed by atoms with Crippen molar-refractivity contribution in [1.29, 1.82) is 0 Å². The number of esters is 1. The third-order valence-electron chi connectivity index (χ3n) is 5.20. The van der Waals surface area contributed by atoms with Crippen LogP contribution in [-0.4, -0.2) is 57.7 Å². The highest BCUT2D eigenvalue weighted by Crippen LogP contribution is 2.25. The van der Waals surface area contributed by atoms with Gasteiger partial charge in [0.2, 0.25) is 0 Å². The molecule has 1 atom stereocenters. The molecular formula is C28H38N2O7. The molecule has 2 rings (SSSR count). The lowest BCUT2D eigenvalue weighted by atomic mass is 10.1. The van der Waals surface area contributed by atoms with Crippen molar-refractivity contribution in [3.05, 3.63) is 59.3 Å². The Bertz CT molecular complexity index is 1060. The van der Waals surface area contributed by atoms with E-state index in [-0.39, 0.29) is 18.8 Å². The van der Waals surface area contributed by atoms with Crippen molar-refractivity contribution in [1.82, 2.24) is 9.80 Å². The maximum absolute atomic E-state index is 13.9. The molecule has 0 bridgehead atoms. The molecule has 3 amide bonds. The monoisotopic (exact) mass is 514 g/mol. The molecule has 1 aromatic rings. The van der Waals surface area contributed by atoms with E-state index < -0.39 is 41.3 Å². The third-order valence-corrected chi connectivity index (χ3v) is 5.20. The van der Waals surface area contributed by atoms with Crippen LogP contribution in [0.5, 0.6) is 0 Å². The largest absolute Gasteiger partial charge is 0.456 e. The van der Waals surface area contributed by atoms with Gasteiger partial charge in [0.15, 0.2) is 0 Å². The first-order valence-electron chi connectivity index (χ1n) is 12.3. The second-order valence-corrected chi connectivity index (χ2v) is 10.7. The maximum atomic E-state index is 13.9. The van der Waals surface area contributed by atoms with Gasteiger partial charge in [-0.15, -0.1) is 0 Å². The summed E-state index contributed by atoms with van der Waals surface area (Å²) in [7, 11) is 0. The molecule has 202 valence electrons. The summed E-state index contributed by atoms with van der Waals surface area (Å²) in [5.74, 6) is -1.68. The maximum Gasteiger partial charge on any atom is 0.422 e. The molecule has 0 radical (unpaired) electrons. The van der Waals surface area contributed by atoms with E-state index in [1.165, 1.54) is 11.0 Å². The lowest BCUT2D eigenvalue weighted by molar-refractivity contribution is -0.146. The number of imide groups is 1. The molecule has 9 heteroatoms. The molecule has 0 saturated heterocycles. The third kappa shape index (κ3) is 8.48. The fourth-order valence-electron chi connectivity index (χ4n) is 3.39. The zero-order valence-corrected chi connectivity index (χ0v) is 23.0. The summed E-state index contributed by atoms with van der Waals surface area (Å²) in [6.07, 6.45) is 1.73.